The van der Waals surface area contributed by atoms with Crippen molar-refractivity contribution >= 4 is 5.91 Å². The van der Waals surface area contributed by atoms with Crippen molar-refractivity contribution in [3.63, 3.8) is 0 Å². The lowest BCUT2D eigenvalue weighted by Crippen LogP contribution is -2.45. The minimum Gasteiger partial charge on any atom is -0.453 e. The van der Waals surface area contributed by atoms with Crippen molar-refractivity contribution in [2.45, 2.75) is 57.3 Å². The summed E-state index contributed by atoms with van der Waals surface area (Å²) in [4.78, 5) is 14.6. The molecule has 1 N–H and O–H groups in total. The van der Waals surface area contributed by atoms with E-state index in [1.807, 2.05) is 4.90 Å². The van der Waals surface area contributed by atoms with Crippen LogP contribution < -0.4 is 0 Å². The predicted molar refractivity (Wildman–Crippen MR) is 81.4 cm³/mol. The number of ether oxygens (including phenoxy) is 1. The Morgan fingerprint density at radius 3 is 2.91 bits per heavy atom. The molecule has 1 saturated carbocycles. The van der Waals surface area contributed by atoms with Crippen molar-refractivity contribution in [1.29, 1.82) is 0 Å². The molecule has 2 aliphatic rings. The molecule has 3 rings (SSSR count). The SMILES string of the molecule is COCc1ccc(C(=O)N2CCC[C@@H]2[C@H]2CCCC[C@H]2O)o1. The first-order valence-corrected chi connectivity index (χ1v) is 8.27. The van der Waals surface area contributed by atoms with E-state index in [0.29, 0.717) is 18.1 Å². The molecule has 1 aliphatic carbocycles. The Morgan fingerprint density at radius 2 is 2.14 bits per heavy atom. The summed E-state index contributed by atoms with van der Waals surface area (Å²) in [5, 5.41) is 10.3. The van der Waals surface area contributed by atoms with E-state index in [1.165, 1.54) is 0 Å². The van der Waals surface area contributed by atoms with Gasteiger partial charge in [0, 0.05) is 25.6 Å². The maximum Gasteiger partial charge on any atom is 0.289 e. The highest BCUT2D eigenvalue weighted by Gasteiger charge is 2.39. The number of hydrogen-bond donors (Lipinski definition) is 1. The highest BCUT2D eigenvalue weighted by atomic mass is 16.5. The highest BCUT2D eigenvalue weighted by molar-refractivity contribution is 5.92. The van der Waals surface area contributed by atoms with E-state index < -0.39 is 0 Å². The van der Waals surface area contributed by atoms with Crippen LogP contribution in [-0.4, -0.2) is 41.7 Å². The van der Waals surface area contributed by atoms with Gasteiger partial charge in [0.25, 0.3) is 5.91 Å². The molecule has 1 aliphatic heterocycles. The van der Waals surface area contributed by atoms with Crippen LogP contribution in [0.5, 0.6) is 0 Å². The standard InChI is InChI=1S/C17H25NO4/c1-21-11-12-8-9-16(22-12)17(20)18-10-4-6-14(18)13-5-2-3-7-15(13)19/h8-9,13-15,19H,2-7,10-11H2,1H3/t13-,14-,15-/m1/s1. The Balaban J connectivity index is 1.72. The summed E-state index contributed by atoms with van der Waals surface area (Å²) >= 11 is 0. The van der Waals surface area contributed by atoms with Crippen LogP contribution in [0.3, 0.4) is 0 Å². The summed E-state index contributed by atoms with van der Waals surface area (Å²) in [5.41, 5.74) is 0. The number of aliphatic hydroxyl groups is 1. The van der Waals surface area contributed by atoms with E-state index in [2.05, 4.69) is 0 Å². The van der Waals surface area contributed by atoms with E-state index in [-0.39, 0.29) is 24.0 Å². The van der Waals surface area contributed by atoms with Crippen LogP contribution in [-0.2, 0) is 11.3 Å². The lowest BCUT2D eigenvalue weighted by Gasteiger charge is -2.36. The number of furan rings is 1. The number of nitrogens with zero attached hydrogens (tertiary/aromatic N) is 1. The summed E-state index contributed by atoms with van der Waals surface area (Å²) < 4.78 is 10.6. The average Bonchev–Trinajstić information content (AvgIpc) is 3.16. The highest BCUT2D eigenvalue weighted by Crippen LogP contribution is 2.35. The summed E-state index contributed by atoms with van der Waals surface area (Å²) in [5.74, 6) is 1.21. The Hall–Kier alpha value is -1.33. The molecule has 1 saturated heterocycles. The maximum atomic E-state index is 12.7. The van der Waals surface area contributed by atoms with Gasteiger partial charge in [0.2, 0.25) is 0 Å². The third kappa shape index (κ3) is 3.06. The summed E-state index contributed by atoms with van der Waals surface area (Å²) in [6.07, 6.45) is 5.85. The predicted octanol–water partition coefficient (Wildman–Crippen LogP) is 2.58. The number of methoxy groups -OCH3 is 1. The lowest BCUT2D eigenvalue weighted by molar-refractivity contribution is 0.0198. The zero-order valence-corrected chi connectivity index (χ0v) is 13.2. The second kappa shape index (κ2) is 6.84. The normalized spacial score (nSPS) is 29.0. The van der Waals surface area contributed by atoms with Gasteiger partial charge in [0.05, 0.1) is 6.10 Å². The lowest BCUT2D eigenvalue weighted by atomic mass is 9.80. The van der Waals surface area contributed by atoms with Crippen molar-refractivity contribution in [2.75, 3.05) is 13.7 Å². The second-order valence-electron chi connectivity index (χ2n) is 6.42. The van der Waals surface area contributed by atoms with Crippen LogP contribution in [0.2, 0.25) is 0 Å². The number of carbonyl (C=O) groups excluding carboxylic acids is 1. The van der Waals surface area contributed by atoms with Gasteiger partial charge < -0.3 is 19.2 Å². The third-order valence-electron chi connectivity index (χ3n) is 4.99. The fourth-order valence-corrected chi connectivity index (χ4v) is 3.93. The number of rotatable bonds is 4. The van der Waals surface area contributed by atoms with Gasteiger partial charge in [0.15, 0.2) is 5.76 Å². The number of carbonyl (C=O) groups is 1. The van der Waals surface area contributed by atoms with E-state index in [0.717, 1.165) is 45.1 Å². The maximum absolute atomic E-state index is 12.7. The molecule has 0 unspecified atom stereocenters. The van der Waals surface area contributed by atoms with E-state index in [4.69, 9.17) is 9.15 Å². The molecule has 122 valence electrons. The molecule has 0 spiro atoms. The van der Waals surface area contributed by atoms with Crippen molar-refractivity contribution < 1.29 is 19.1 Å². The van der Waals surface area contributed by atoms with Gasteiger partial charge in [-0.2, -0.15) is 0 Å². The number of hydrogen-bond acceptors (Lipinski definition) is 4. The molecule has 1 aromatic rings. The Morgan fingerprint density at radius 1 is 1.32 bits per heavy atom. The van der Waals surface area contributed by atoms with Crippen LogP contribution >= 0.6 is 0 Å². The van der Waals surface area contributed by atoms with Crippen LogP contribution in [0.25, 0.3) is 0 Å². The molecule has 1 amide bonds. The topological polar surface area (TPSA) is 62.9 Å². The molecule has 1 aromatic heterocycles. The molecule has 2 heterocycles. The quantitative estimate of drug-likeness (QED) is 0.928. The van der Waals surface area contributed by atoms with Crippen LogP contribution in [0.15, 0.2) is 16.5 Å². The zero-order valence-electron chi connectivity index (χ0n) is 13.2. The third-order valence-corrected chi connectivity index (χ3v) is 4.99. The average molecular weight is 307 g/mol. The Kier molecular flexibility index (Phi) is 4.84. The van der Waals surface area contributed by atoms with Crippen molar-refractivity contribution in [3.8, 4) is 0 Å². The van der Waals surface area contributed by atoms with E-state index in [9.17, 15) is 9.90 Å². The van der Waals surface area contributed by atoms with Gasteiger partial charge in [-0.1, -0.05) is 12.8 Å². The van der Waals surface area contributed by atoms with E-state index in [1.54, 1.807) is 19.2 Å². The summed E-state index contributed by atoms with van der Waals surface area (Å²) in [6, 6.07) is 3.67. The molecular weight excluding hydrogens is 282 g/mol. The Labute approximate surface area is 131 Å². The van der Waals surface area contributed by atoms with E-state index >= 15 is 0 Å². The largest absolute Gasteiger partial charge is 0.453 e. The second-order valence-corrected chi connectivity index (χ2v) is 6.42. The first kappa shape index (κ1) is 15.6. The van der Waals surface area contributed by atoms with Gasteiger partial charge in [-0.15, -0.1) is 0 Å². The van der Waals surface area contributed by atoms with Crippen LogP contribution in [0.1, 0.15) is 54.8 Å². The van der Waals surface area contributed by atoms with Gasteiger partial charge in [0.1, 0.15) is 12.4 Å². The van der Waals surface area contributed by atoms with Crippen molar-refractivity contribution in [3.05, 3.63) is 23.7 Å². The molecule has 0 bridgehead atoms. The molecule has 2 fully saturated rings. The van der Waals surface area contributed by atoms with Gasteiger partial charge in [-0.05, 0) is 37.8 Å². The Bertz CT molecular complexity index is 513. The first-order chi connectivity index (χ1) is 10.7. The molecule has 3 atom stereocenters. The van der Waals surface area contributed by atoms with Crippen LogP contribution in [0, 0.1) is 5.92 Å². The van der Waals surface area contributed by atoms with Gasteiger partial charge in [-0.25, -0.2) is 0 Å². The smallest absolute Gasteiger partial charge is 0.289 e. The zero-order chi connectivity index (χ0) is 15.5. The molecule has 0 aromatic carbocycles. The molecule has 5 nitrogen and oxygen atoms in total. The fourth-order valence-electron chi connectivity index (χ4n) is 3.93. The molecule has 5 heteroatoms. The summed E-state index contributed by atoms with van der Waals surface area (Å²) in [7, 11) is 1.60. The number of amides is 1. The monoisotopic (exact) mass is 307 g/mol. The van der Waals surface area contributed by atoms with Crippen molar-refractivity contribution in [1.82, 2.24) is 4.90 Å². The fraction of sp³-hybridized carbons (Fsp3) is 0.706. The minimum absolute atomic E-state index is 0.0531. The van der Waals surface area contributed by atoms with Gasteiger partial charge >= 0.3 is 0 Å². The van der Waals surface area contributed by atoms with Crippen LogP contribution in [0.4, 0.5) is 0 Å². The minimum atomic E-state index is -0.271. The first-order valence-electron chi connectivity index (χ1n) is 8.27. The molecule has 0 radical (unpaired) electrons. The molecule has 22 heavy (non-hydrogen) atoms. The number of likely N-dealkylation sites (tertiary alicyclic amines) is 1. The molecular formula is C17H25NO4. The summed E-state index contributed by atoms with van der Waals surface area (Å²) in [6.45, 7) is 1.13. The van der Waals surface area contributed by atoms with Gasteiger partial charge in [-0.3, -0.25) is 4.79 Å². The van der Waals surface area contributed by atoms with Crippen molar-refractivity contribution in [2.24, 2.45) is 5.92 Å². The number of aliphatic hydroxyl groups excluding tert-OH is 1.